The first-order chi connectivity index (χ1) is 10.1. The number of ketones is 1. The number of Topliss-reactive ketones (excluding diaryl/α,β-unsaturated/α-hetero) is 1. The molecule has 0 spiro atoms. The molecule has 1 fully saturated rings. The second-order valence-corrected chi connectivity index (χ2v) is 5.31. The Morgan fingerprint density at radius 1 is 1.00 bits per heavy atom. The molecule has 0 aromatic carbocycles. The van der Waals surface area contributed by atoms with Gasteiger partial charge in [0.25, 0.3) is 0 Å². The molecule has 130 valence electrons. The molecule has 0 bridgehead atoms. The zero-order valence-electron chi connectivity index (χ0n) is 11.8. The Balaban J connectivity index is 2.81. The lowest BCUT2D eigenvalue weighted by atomic mass is 9.89. The van der Waals surface area contributed by atoms with Gasteiger partial charge in [0, 0.05) is 0 Å². The van der Waals surface area contributed by atoms with E-state index in [2.05, 4.69) is 0 Å². The van der Waals surface area contributed by atoms with Crippen LogP contribution < -0.4 is 0 Å². The number of rotatable bonds is 6. The lowest BCUT2D eigenvalue weighted by Gasteiger charge is -2.39. The molecule has 0 radical (unpaired) electrons. The van der Waals surface area contributed by atoms with Crippen molar-refractivity contribution in [3.8, 4) is 0 Å². The summed E-state index contributed by atoms with van der Waals surface area (Å²) in [5.74, 6) is -1.25. The summed E-state index contributed by atoms with van der Waals surface area (Å²) in [4.78, 5) is 12.0. The molecule has 1 saturated heterocycles. The topological polar surface area (TPSA) is 188 Å². The minimum Gasteiger partial charge on any atom is -0.394 e. The van der Waals surface area contributed by atoms with Gasteiger partial charge in [-0.25, -0.2) is 0 Å². The minimum absolute atomic E-state index is 0.913. The van der Waals surface area contributed by atoms with E-state index in [0.29, 0.717) is 0 Å². The second kappa shape index (κ2) is 7.73. The zero-order chi connectivity index (χ0) is 17.2. The highest BCUT2D eigenvalue weighted by Crippen LogP contribution is 2.23. The lowest BCUT2D eigenvalue weighted by molar-refractivity contribution is -0.221. The van der Waals surface area contributed by atoms with Crippen molar-refractivity contribution in [2.24, 2.45) is 0 Å². The van der Waals surface area contributed by atoms with Gasteiger partial charge >= 0.3 is 0 Å². The maximum atomic E-state index is 12.0. The Bertz CT molecular complexity index is 377. The predicted molar refractivity (Wildman–Crippen MR) is 68.5 cm³/mol. The number of carbonyl (C=O) groups excluding carboxylic acids is 1. The molecule has 9 atom stereocenters. The summed E-state index contributed by atoms with van der Waals surface area (Å²) in [6.07, 6.45) is -16.0. The molecular formula is C12H22O10. The van der Waals surface area contributed by atoms with Crippen LogP contribution in [-0.2, 0) is 9.53 Å². The van der Waals surface area contributed by atoms with Crippen LogP contribution in [0.15, 0.2) is 0 Å². The first-order valence-electron chi connectivity index (χ1n) is 6.70. The quantitative estimate of drug-likeness (QED) is 0.234. The van der Waals surface area contributed by atoms with Crippen LogP contribution in [0.5, 0.6) is 0 Å². The Morgan fingerprint density at radius 3 is 2.05 bits per heavy atom. The predicted octanol–water partition coefficient (Wildman–Crippen LogP) is -5.14. The summed E-state index contributed by atoms with van der Waals surface area (Å²) < 4.78 is 5.01. The Kier molecular flexibility index (Phi) is 6.80. The van der Waals surface area contributed by atoms with Gasteiger partial charge in [-0.3, -0.25) is 4.79 Å². The molecule has 1 aliphatic heterocycles. The van der Waals surface area contributed by atoms with Crippen LogP contribution in [0.2, 0.25) is 0 Å². The fourth-order valence-electron chi connectivity index (χ4n) is 2.15. The van der Waals surface area contributed by atoms with Crippen molar-refractivity contribution in [2.75, 3.05) is 6.61 Å². The summed E-state index contributed by atoms with van der Waals surface area (Å²) in [7, 11) is 0. The SMILES string of the molecule is C[C@H]1O[C@@H](C(=O)[C@H](O)[C@@H](O)[C@H](O)[C@H](O)CO)[C@H](O)[C@@H](O)[C@H]1O. The Morgan fingerprint density at radius 2 is 1.55 bits per heavy atom. The monoisotopic (exact) mass is 326 g/mol. The molecule has 0 aromatic rings. The van der Waals surface area contributed by atoms with Crippen molar-refractivity contribution in [2.45, 2.75) is 61.9 Å². The van der Waals surface area contributed by atoms with Gasteiger partial charge in [-0.15, -0.1) is 0 Å². The van der Waals surface area contributed by atoms with Crippen molar-refractivity contribution in [3.63, 3.8) is 0 Å². The Hall–Kier alpha value is -0.690. The highest BCUT2D eigenvalue weighted by molar-refractivity contribution is 5.88. The van der Waals surface area contributed by atoms with Crippen molar-refractivity contribution in [1.29, 1.82) is 0 Å². The molecular weight excluding hydrogens is 304 g/mol. The van der Waals surface area contributed by atoms with Crippen molar-refractivity contribution < 1.29 is 50.4 Å². The third-order valence-electron chi connectivity index (χ3n) is 3.68. The first-order valence-corrected chi connectivity index (χ1v) is 6.70. The summed E-state index contributed by atoms with van der Waals surface area (Å²) in [5.41, 5.74) is 0. The van der Waals surface area contributed by atoms with Crippen LogP contribution in [0, 0.1) is 0 Å². The lowest BCUT2D eigenvalue weighted by Crippen LogP contribution is -2.62. The van der Waals surface area contributed by atoms with Gasteiger partial charge in [0.1, 0.15) is 48.8 Å². The van der Waals surface area contributed by atoms with Crippen molar-refractivity contribution in [3.05, 3.63) is 0 Å². The van der Waals surface area contributed by atoms with Gasteiger partial charge in [-0.2, -0.15) is 0 Å². The van der Waals surface area contributed by atoms with Crippen LogP contribution in [0.4, 0.5) is 0 Å². The van der Waals surface area contributed by atoms with E-state index in [1.165, 1.54) is 6.92 Å². The fraction of sp³-hybridized carbons (Fsp3) is 0.917. The van der Waals surface area contributed by atoms with E-state index in [1.54, 1.807) is 0 Å². The molecule has 0 aromatic heterocycles. The van der Waals surface area contributed by atoms with Crippen LogP contribution >= 0.6 is 0 Å². The summed E-state index contributed by atoms with van der Waals surface area (Å²) in [6, 6.07) is 0. The average molecular weight is 326 g/mol. The van der Waals surface area contributed by atoms with E-state index < -0.39 is 67.3 Å². The molecule has 1 rings (SSSR count). The Labute approximate surface area is 125 Å². The number of aliphatic hydroxyl groups is 8. The second-order valence-electron chi connectivity index (χ2n) is 5.31. The van der Waals surface area contributed by atoms with Crippen molar-refractivity contribution in [1.82, 2.24) is 0 Å². The van der Waals surface area contributed by atoms with E-state index in [9.17, 15) is 40.5 Å². The molecule has 0 unspecified atom stereocenters. The van der Waals surface area contributed by atoms with E-state index in [0.717, 1.165) is 0 Å². The van der Waals surface area contributed by atoms with Gasteiger partial charge in [-0.05, 0) is 6.92 Å². The molecule has 0 saturated carbocycles. The number of carbonyl (C=O) groups is 1. The number of hydrogen-bond donors (Lipinski definition) is 8. The highest BCUT2D eigenvalue weighted by atomic mass is 16.5. The molecule has 1 aliphatic rings. The minimum atomic E-state index is -2.24. The van der Waals surface area contributed by atoms with Crippen LogP contribution in [0.25, 0.3) is 0 Å². The van der Waals surface area contributed by atoms with E-state index in [1.807, 2.05) is 0 Å². The first kappa shape index (κ1) is 19.4. The average Bonchev–Trinajstić information content (AvgIpc) is 2.52. The molecule has 0 aliphatic carbocycles. The van der Waals surface area contributed by atoms with Gasteiger partial charge in [0.2, 0.25) is 0 Å². The molecule has 1 heterocycles. The molecule has 22 heavy (non-hydrogen) atoms. The van der Waals surface area contributed by atoms with E-state index >= 15 is 0 Å². The molecule has 8 N–H and O–H groups in total. The smallest absolute Gasteiger partial charge is 0.195 e. The maximum Gasteiger partial charge on any atom is 0.195 e. The van der Waals surface area contributed by atoms with Crippen LogP contribution in [-0.4, -0.2) is 108 Å². The third-order valence-corrected chi connectivity index (χ3v) is 3.68. The van der Waals surface area contributed by atoms with Gasteiger partial charge in [0.15, 0.2) is 5.78 Å². The van der Waals surface area contributed by atoms with Gasteiger partial charge < -0.3 is 45.6 Å². The van der Waals surface area contributed by atoms with Crippen molar-refractivity contribution >= 4 is 5.78 Å². The third kappa shape index (κ3) is 3.79. The number of hydrogen-bond acceptors (Lipinski definition) is 10. The van der Waals surface area contributed by atoms with Crippen LogP contribution in [0.3, 0.4) is 0 Å². The van der Waals surface area contributed by atoms with Gasteiger partial charge in [-0.1, -0.05) is 0 Å². The molecule has 0 amide bonds. The molecule has 10 nitrogen and oxygen atoms in total. The van der Waals surface area contributed by atoms with E-state index in [4.69, 9.17) is 9.84 Å². The maximum absolute atomic E-state index is 12.0. The standard InChI is InChI=1S/C12H22O10/c1-3-5(15)7(17)10(20)12(22-3)11(21)9(19)8(18)6(16)4(14)2-13/h3-10,12-20H,2H2,1H3/t3-,4-,5+,6-,7+,8+,9-,10-,12-/m1/s1. The number of ether oxygens (including phenoxy) is 1. The summed E-state index contributed by atoms with van der Waals surface area (Å²) >= 11 is 0. The van der Waals surface area contributed by atoms with Gasteiger partial charge in [0.05, 0.1) is 12.7 Å². The highest BCUT2D eigenvalue weighted by Gasteiger charge is 2.48. The van der Waals surface area contributed by atoms with Crippen LogP contribution in [0.1, 0.15) is 6.92 Å². The fourth-order valence-corrected chi connectivity index (χ4v) is 2.15. The largest absolute Gasteiger partial charge is 0.394 e. The zero-order valence-corrected chi connectivity index (χ0v) is 11.8. The summed E-state index contributed by atoms with van der Waals surface area (Å²) in [6.45, 7) is 0.414. The normalized spacial score (nSPS) is 38.1. The number of aliphatic hydroxyl groups excluding tert-OH is 8. The van der Waals surface area contributed by atoms with E-state index in [-0.39, 0.29) is 0 Å². The summed E-state index contributed by atoms with van der Waals surface area (Å²) in [5, 5.41) is 75.4. The molecule has 10 heteroatoms.